The Kier molecular flexibility index (Phi) is 28.4. The van der Waals surface area contributed by atoms with E-state index in [9.17, 15) is 41.3 Å². The third-order valence-electron chi connectivity index (χ3n) is 8.10. The smallest absolute Gasteiger partial charge is 0.434 e. The average Bonchev–Trinajstić information content (AvgIpc) is 3.51. The molecule has 0 fully saturated rings. The Morgan fingerprint density at radius 1 is 1.09 bits per heavy atom. The highest BCUT2D eigenvalue weighted by Crippen LogP contribution is 2.41. The number of aliphatic carboxylic acids is 1. The number of hydrogen-bond acceptors (Lipinski definition) is 9. The molecule has 370 valence electrons. The summed E-state index contributed by atoms with van der Waals surface area (Å²) in [7, 11) is -1.38. The van der Waals surface area contributed by atoms with E-state index >= 15 is 0 Å². The molecule has 0 aliphatic heterocycles. The topological polar surface area (TPSA) is 201 Å². The summed E-state index contributed by atoms with van der Waals surface area (Å²) in [5, 5.41) is 13.6. The van der Waals surface area contributed by atoms with Crippen LogP contribution in [0.1, 0.15) is 54.9 Å². The number of methoxy groups -OCH3 is 1. The Morgan fingerprint density at radius 2 is 1.67 bits per heavy atom. The van der Waals surface area contributed by atoms with Crippen molar-refractivity contribution in [3.05, 3.63) is 93.3 Å². The zero-order chi connectivity index (χ0) is 51.3. The van der Waals surface area contributed by atoms with Gasteiger partial charge < -0.3 is 34.2 Å². The van der Waals surface area contributed by atoms with Crippen molar-refractivity contribution in [1.82, 2.24) is 20.0 Å². The zero-order valence-electron chi connectivity index (χ0n) is 37.0. The Labute approximate surface area is 409 Å². The lowest BCUT2D eigenvalue weighted by Gasteiger charge is -2.31. The number of anilines is 1. The first-order chi connectivity index (χ1) is 30.5. The van der Waals surface area contributed by atoms with Gasteiger partial charge in [-0.25, -0.2) is 9.18 Å². The van der Waals surface area contributed by atoms with Gasteiger partial charge in [0.1, 0.15) is 17.4 Å². The molecule has 1 aromatic heterocycles. The summed E-state index contributed by atoms with van der Waals surface area (Å²) < 4.78 is 73.9. The van der Waals surface area contributed by atoms with Gasteiger partial charge in [-0.15, -0.1) is 24.8 Å². The SMILES string of the molecule is C=CCN(CC=C)C(=O)C(Cl)Cl.CC(C)OC(=O)c1cc(-c2nn(C)c(C(F)(F)F)c2Br)c(F)cc1Cl.CCc1cccc(C)c1N(C(=O)CCl)C(C)COC.O=C(O)CNCP(=O)(O)O. The lowest BCUT2D eigenvalue weighted by atomic mass is 10.0. The van der Waals surface area contributed by atoms with Gasteiger partial charge in [-0.2, -0.15) is 18.3 Å². The number of carbonyl (C=O) groups is 4. The molecular formula is C41H53BrCl4F4N5O10P. The largest absolute Gasteiger partial charge is 0.480 e. The maximum Gasteiger partial charge on any atom is 0.434 e. The monoisotopic (exact) mass is 1100 g/mol. The van der Waals surface area contributed by atoms with Crippen LogP contribution < -0.4 is 10.2 Å². The summed E-state index contributed by atoms with van der Waals surface area (Å²) in [5.41, 5.74) is 1.35. The van der Waals surface area contributed by atoms with Gasteiger partial charge in [-0.3, -0.25) is 28.9 Å². The van der Waals surface area contributed by atoms with Crippen LogP contribution in [0, 0.1) is 12.7 Å². The number of benzene rings is 2. The average molecular weight is 1100 g/mol. The normalized spacial score (nSPS) is 11.5. The molecule has 0 aliphatic carbocycles. The molecule has 1 atom stereocenters. The molecule has 2 amide bonds. The minimum absolute atomic E-state index is 0.0223. The fraction of sp³-hybridized carbons (Fsp3) is 0.439. The fourth-order valence-electron chi connectivity index (χ4n) is 5.48. The van der Waals surface area contributed by atoms with Crippen molar-refractivity contribution in [3.63, 3.8) is 0 Å². The maximum atomic E-state index is 14.3. The number of esters is 1. The standard InChI is InChI=1S/C15H12BrClF4N2O2.C15H22ClNO2.C8H11Cl2NO.C3H8NO5P/c1-6(2)25-14(24)7-4-8(10(18)5-9(7)17)12-11(16)13(15(19,20)21)23(3)22-12;1-5-13-8-6-7-11(2)15(13)17(14(18)9-16)12(3)10-19-4;1-3-5-11(6-4-2)8(12)7(9)10;5-3(6)1-4-2-10(7,8)9/h4-6H,1-3H3;6-8,12H,5,9-10H2,1-4H3;3-4,7H,1-2,5-6H2;4H,1-2H2,(H,5,6)(H2,7,8,9). The number of para-hydroxylation sites is 1. The first kappa shape index (κ1) is 62.4. The second-order valence-electron chi connectivity index (χ2n) is 13.8. The van der Waals surface area contributed by atoms with E-state index in [1.54, 1.807) is 38.0 Å². The number of halogens is 9. The van der Waals surface area contributed by atoms with E-state index in [1.165, 1.54) is 4.90 Å². The van der Waals surface area contributed by atoms with Crippen molar-refractivity contribution in [3.8, 4) is 11.3 Å². The molecule has 0 saturated heterocycles. The molecule has 0 saturated carbocycles. The highest BCUT2D eigenvalue weighted by molar-refractivity contribution is 9.10. The van der Waals surface area contributed by atoms with E-state index in [-0.39, 0.29) is 45.6 Å². The van der Waals surface area contributed by atoms with Gasteiger partial charge in [0, 0.05) is 32.8 Å². The number of nitrogens with one attached hydrogen (secondary N) is 1. The highest BCUT2D eigenvalue weighted by Gasteiger charge is 2.39. The van der Waals surface area contributed by atoms with Crippen LogP contribution in [-0.2, 0) is 48.1 Å². The molecule has 3 aromatic rings. The number of carbonyl (C=O) groups excluding carboxylic acids is 3. The van der Waals surface area contributed by atoms with E-state index in [1.807, 2.05) is 26.0 Å². The van der Waals surface area contributed by atoms with Crippen LogP contribution in [0.25, 0.3) is 11.3 Å². The molecule has 3 rings (SSSR count). The molecule has 2 aromatic carbocycles. The van der Waals surface area contributed by atoms with Crippen molar-refractivity contribution in [1.29, 1.82) is 0 Å². The van der Waals surface area contributed by atoms with Crippen LogP contribution in [0.15, 0.2) is 60.1 Å². The summed E-state index contributed by atoms with van der Waals surface area (Å²) in [5.74, 6) is -3.31. The number of carboxylic acids is 1. The minimum Gasteiger partial charge on any atom is -0.480 e. The van der Waals surface area contributed by atoms with Crippen molar-refractivity contribution in [2.24, 2.45) is 7.05 Å². The van der Waals surface area contributed by atoms with Gasteiger partial charge in [0.25, 0.3) is 5.91 Å². The molecule has 1 heterocycles. The predicted molar refractivity (Wildman–Crippen MR) is 252 cm³/mol. The van der Waals surface area contributed by atoms with Gasteiger partial charge >= 0.3 is 25.7 Å². The third-order valence-corrected chi connectivity index (χ3v) is 10.4. The minimum atomic E-state index is -4.69. The van der Waals surface area contributed by atoms with Crippen molar-refractivity contribution in [2.75, 3.05) is 50.4 Å². The number of amides is 2. The number of nitrogens with zero attached hydrogens (tertiary/aromatic N) is 4. The second-order valence-corrected chi connectivity index (χ2v) is 18.0. The number of aromatic nitrogens is 2. The van der Waals surface area contributed by atoms with E-state index in [0.29, 0.717) is 24.4 Å². The molecule has 15 nitrogen and oxygen atoms in total. The van der Waals surface area contributed by atoms with Gasteiger partial charge in [-0.05, 0) is 73.3 Å². The van der Waals surface area contributed by atoms with Crippen molar-refractivity contribution in [2.45, 2.75) is 64.2 Å². The van der Waals surface area contributed by atoms with Gasteiger partial charge in [0.2, 0.25) is 5.91 Å². The van der Waals surface area contributed by atoms with Crippen LogP contribution in [0.3, 0.4) is 0 Å². The lowest BCUT2D eigenvalue weighted by Crippen LogP contribution is -2.43. The molecule has 1 unspecified atom stereocenters. The van der Waals surface area contributed by atoms with Crippen molar-refractivity contribution < 1.29 is 65.7 Å². The summed E-state index contributed by atoms with van der Waals surface area (Å²) in [4.78, 5) is 63.8. The molecular weight excluding hydrogens is 1050 g/mol. The maximum absolute atomic E-state index is 14.3. The Hall–Kier alpha value is -3.56. The van der Waals surface area contributed by atoms with Gasteiger partial charge in [-0.1, -0.05) is 72.1 Å². The van der Waals surface area contributed by atoms with Crippen LogP contribution >= 0.6 is 69.9 Å². The molecule has 0 aliphatic rings. The first-order valence-electron chi connectivity index (χ1n) is 19.3. The number of aryl methyl sites for hydroxylation is 3. The summed E-state index contributed by atoms with van der Waals surface area (Å²) in [6.07, 6.45) is -1.64. The number of alkyl halides is 6. The molecule has 0 bridgehead atoms. The number of hydrogen-bond donors (Lipinski definition) is 4. The van der Waals surface area contributed by atoms with Crippen LogP contribution in [0.2, 0.25) is 5.02 Å². The van der Waals surface area contributed by atoms with E-state index in [0.717, 1.165) is 42.4 Å². The summed E-state index contributed by atoms with van der Waals surface area (Å²) in [6.45, 7) is 17.2. The third kappa shape index (κ3) is 21.2. The van der Waals surface area contributed by atoms with Crippen LogP contribution in [0.5, 0.6) is 0 Å². The zero-order valence-corrected chi connectivity index (χ0v) is 42.5. The summed E-state index contributed by atoms with van der Waals surface area (Å²) >= 11 is 25.2. The van der Waals surface area contributed by atoms with Gasteiger partial charge in [0.05, 0.1) is 52.3 Å². The van der Waals surface area contributed by atoms with E-state index < -0.39 is 65.5 Å². The predicted octanol–water partition coefficient (Wildman–Crippen LogP) is 9.18. The second kappa shape index (κ2) is 30.0. The van der Waals surface area contributed by atoms with E-state index in [2.05, 4.69) is 52.5 Å². The van der Waals surface area contributed by atoms with Gasteiger partial charge in [0.15, 0.2) is 10.5 Å². The number of rotatable bonds is 18. The van der Waals surface area contributed by atoms with Crippen LogP contribution in [-0.4, -0.2) is 116 Å². The van der Waals surface area contributed by atoms with Crippen molar-refractivity contribution >= 4 is 99.4 Å². The molecule has 25 heteroatoms. The molecule has 0 spiro atoms. The molecule has 66 heavy (non-hydrogen) atoms. The number of ether oxygens (including phenoxy) is 2. The van der Waals surface area contributed by atoms with E-state index in [4.69, 9.17) is 70.8 Å². The molecule has 0 radical (unpaired) electrons. The molecule has 4 N–H and O–H groups in total. The lowest BCUT2D eigenvalue weighted by molar-refractivity contribution is -0.144. The quantitative estimate of drug-likeness (QED) is 0.0310. The Bertz CT molecular complexity index is 2150. The van der Waals surface area contributed by atoms with Crippen LogP contribution in [0.4, 0.5) is 23.2 Å². The fourth-order valence-corrected chi connectivity index (χ4v) is 7.29. The Balaban J connectivity index is 0.000000912. The first-order valence-corrected chi connectivity index (χ1v) is 23.6. The Morgan fingerprint density at radius 3 is 2.09 bits per heavy atom. The summed E-state index contributed by atoms with van der Waals surface area (Å²) in [6, 6.07) is 7.90. The number of carboxylic acid groups (broad SMARTS) is 1. The highest BCUT2D eigenvalue weighted by atomic mass is 79.9.